The van der Waals surface area contributed by atoms with Gasteiger partial charge < -0.3 is 9.88 Å². The molecule has 1 aliphatic rings. The van der Waals surface area contributed by atoms with Crippen LogP contribution < -0.4 is 5.32 Å². The average Bonchev–Trinajstić information content (AvgIpc) is 3.48. The van der Waals surface area contributed by atoms with Crippen molar-refractivity contribution >= 4 is 27.5 Å². The Hall–Kier alpha value is -3.25. The molecule has 2 aromatic heterocycles. The van der Waals surface area contributed by atoms with Crippen LogP contribution in [-0.2, 0) is 17.9 Å². The molecule has 0 spiro atoms. The number of rotatable bonds is 6. The van der Waals surface area contributed by atoms with E-state index >= 15 is 0 Å². The molecule has 1 aliphatic carbocycles. The highest BCUT2D eigenvalue weighted by Gasteiger charge is 2.32. The molecule has 2 atom stereocenters. The molecule has 0 bridgehead atoms. The Bertz CT molecular complexity index is 1180. The maximum atomic E-state index is 13.2. The largest absolute Gasteiger partial charge is 0.352 e. The van der Waals surface area contributed by atoms with Crippen LogP contribution in [0.4, 0.5) is 0 Å². The van der Waals surface area contributed by atoms with Crippen LogP contribution in [0.25, 0.3) is 10.2 Å². The van der Waals surface area contributed by atoms with Gasteiger partial charge in [0.25, 0.3) is 0 Å². The maximum Gasteiger partial charge on any atom is 0.224 e. The molecule has 5 nitrogen and oxygen atoms in total. The van der Waals surface area contributed by atoms with Crippen LogP contribution in [0.3, 0.4) is 0 Å². The Balaban J connectivity index is 1.31. The van der Waals surface area contributed by atoms with Gasteiger partial charge in [0.1, 0.15) is 0 Å². The normalized spacial score (nSPS) is 18.3. The molecule has 2 heterocycles. The first-order chi connectivity index (χ1) is 15.3. The average molecular weight is 429 g/mol. The lowest BCUT2D eigenvalue weighted by Gasteiger charge is -2.26. The second kappa shape index (κ2) is 8.86. The number of fused-ring (bicyclic) bond motifs is 1. The van der Waals surface area contributed by atoms with Gasteiger partial charge in [-0.15, -0.1) is 11.3 Å². The number of benzene rings is 2. The molecule has 0 aliphatic heterocycles. The SMILES string of the molecule is O=C(NCc1ccccc1Cn1ccnc1)C1CC=CCC1c1nc2ccccc2s1. The molecule has 31 heavy (non-hydrogen) atoms. The van der Waals surface area contributed by atoms with E-state index in [1.807, 2.05) is 47.4 Å². The fourth-order valence-electron chi connectivity index (χ4n) is 4.20. The summed E-state index contributed by atoms with van der Waals surface area (Å²) in [6, 6.07) is 16.4. The quantitative estimate of drug-likeness (QED) is 0.444. The third-order valence-electron chi connectivity index (χ3n) is 5.88. The Morgan fingerprint density at radius 1 is 1.06 bits per heavy atom. The molecule has 5 rings (SSSR count). The highest BCUT2D eigenvalue weighted by molar-refractivity contribution is 7.18. The number of nitrogens with zero attached hydrogens (tertiary/aromatic N) is 3. The minimum absolute atomic E-state index is 0.0913. The number of allylic oxidation sites excluding steroid dienone is 2. The number of hydrogen-bond acceptors (Lipinski definition) is 4. The van der Waals surface area contributed by atoms with Gasteiger partial charge in [0.05, 0.1) is 27.5 Å². The van der Waals surface area contributed by atoms with Gasteiger partial charge in [0.2, 0.25) is 5.91 Å². The Kier molecular flexibility index (Phi) is 5.63. The summed E-state index contributed by atoms with van der Waals surface area (Å²) in [7, 11) is 0. The fourth-order valence-corrected chi connectivity index (χ4v) is 5.35. The zero-order valence-electron chi connectivity index (χ0n) is 17.1. The van der Waals surface area contributed by atoms with Crippen molar-refractivity contribution < 1.29 is 4.79 Å². The monoisotopic (exact) mass is 428 g/mol. The molecule has 0 saturated carbocycles. The molecule has 0 saturated heterocycles. The Morgan fingerprint density at radius 3 is 2.71 bits per heavy atom. The minimum atomic E-state index is -0.0913. The van der Waals surface area contributed by atoms with Gasteiger partial charge in [0.15, 0.2) is 0 Å². The number of carbonyl (C=O) groups excluding carboxylic acids is 1. The van der Waals surface area contributed by atoms with Crippen molar-refractivity contribution in [2.75, 3.05) is 0 Å². The lowest BCUT2D eigenvalue weighted by Crippen LogP contribution is -2.34. The number of thiazole rings is 1. The summed E-state index contributed by atoms with van der Waals surface area (Å²) < 4.78 is 3.22. The van der Waals surface area contributed by atoms with Crippen molar-refractivity contribution in [3.05, 3.63) is 95.5 Å². The van der Waals surface area contributed by atoms with E-state index in [0.717, 1.165) is 35.5 Å². The van der Waals surface area contributed by atoms with Crippen molar-refractivity contribution in [3.63, 3.8) is 0 Å². The van der Waals surface area contributed by atoms with E-state index in [9.17, 15) is 4.79 Å². The molecule has 1 N–H and O–H groups in total. The molecule has 4 aromatic rings. The minimum Gasteiger partial charge on any atom is -0.352 e. The molecule has 1 amide bonds. The van der Waals surface area contributed by atoms with Gasteiger partial charge in [-0.2, -0.15) is 0 Å². The van der Waals surface area contributed by atoms with Gasteiger partial charge in [0, 0.05) is 31.4 Å². The summed E-state index contributed by atoms with van der Waals surface area (Å²) in [5.41, 5.74) is 3.34. The second-order valence-corrected chi connectivity index (χ2v) is 8.96. The molecule has 2 unspecified atom stereocenters. The summed E-state index contributed by atoms with van der Waals surface area (Å²) in [4.78, 5) is 22.2. The van der Waals surface area contributed by atoms with E-state index in [2.05, 4.69) is 40.7 Å². The number of carbonyl (C=O) groups is 1. The van der Waals surface area contributed by atoms with E-state index in [0.29, 0.717) is 6.54 Å². The van der Waals surface area contributed by atoms with Gasteiger partial charge in [-0.1, -0.05) is 48.6 Å². The summed E-state index contributed by atoms with van der Waals surface area (Å²) in [6.45, 7) is 1.27. The first-order valence-corrected chi connectivity index (χ1v) is 11.4. The maximum absolute atomic E-state index is 13.2. The standard InChI is InChI=1S/C25H24N4OS/c30-24(27-15-18-7-1-2-8-19(18)16-29-14-13-26-17-29)20-9-3-4-10-21(20)25-28-22-11-5-6-12-23(22)31-25/h1-8,11-14,17,20-21H,9-10,15-16H2,(H,27,30). The van der Waals surface area contributed by atoms with E-state index in [1.165, 1.54) is 10.3 Å². The smallest absolute Gasteiger partial charge is 0.224 e. The molecule has 6 heteroatoms. The van der Waals surface area contributed by atoms with Crippen molar-refractivity contribution in [3.8, 4) is 0 Å². The van der Waals surface area contributed by atoms with Crippen molar-refractivity contribution in [2.45, 2.75) is 31.8 Å². The van der Waals surface area contributed by atoms with Crippen molar-refractivity contribution in [1.29, 1.82) is 0 Å². The van der Waals surface area contributed by atoms with E-state index in [4.69, 9.17) is 4.98 Å². The number of aromatic nitrogens is 3. The molecular formula is C25H24N4OS. The zero-order valence-corrected chi connectivity index (χ0v) is 18.0. The van der Waals surface area contributed by atoms with Gasteiger partial charge in [-0.3, -0.25) is 4.79 Å². The van der Waals surface area contributed by atoms with Crippen molar-refractivity contribution in [1.82, 2.24) is 19.9 Å². The van der Waals surface area contributed by atoms with E-state index < -0.39 is 0 Å². The summed E-state index contributed by atoms with van der Waals surface area (Å²) in [6.07, 6.45) is 11.5. The first-order valence-electron chi connectivity index (χ1n) is 10.6. The third kappa shape index (κ3) is 4.30. The van der Waals surface area contributed by atoms with Crippen molar-refractivity contribution in [2.24, 2.45) is 5.92 Å². The fraction of sp³-hybridized carbons (Fsp3) is 0.240. The molecule has 0 radical (unpaired) electrons. The van der Waals surface area contributed by atoms with Gasteiger partial charge >= 0.3 is 0 Å². The predicted molar refractivity (Wildman–Crippen MR) is 124 cm³/mol. The number of hydrogen-bond donors (Lipinski definition) is 1. The molecule has 0 fully saturated rings. The molecular weight excluding hydrogens is 404 g/mol. The third-order valence-corrected chi connectivity index (χ3v) is 7.05. The van der Waals surface area contributed by atoms with Crippen LogP contribution in [0.1, 0.15) is 34.9 Å². The Morgan fingerprint density at radius 2 is 1.87 bits per heavy atom. The lowest BCUT2D eigenvalue weighted by molar-refractivity contribution is -0.125. The highest BCUT2D eigenvalue weighted by atomic mass is 32.1. The highest BCUT2D eigenvalue weighted by Crippen LogP contribution is 2.38. The number of para-hydroxylation sites is 1. The van der Waals surface area contributed by atoms with Crippen LogP contribution in [0.2, 0.25) is 0 Å². The first kappa shape index (κ1) is 19.7. The van der Waals surface area contributed by atoms with Crippen LogP contribution in [-0.4, -0.2) is 20.4 Å². The summed E-state index contributed by atoms with van der Waals surface area (Å²) >= 11 is 1.71. The van der Waals surface area contributed by atoms with Gasteiger partial charge in [-0.05, 0) is 36.1 Å². The van der Waals surface area contributed by atoms with Crippen LogP contribution in [0, 0.1) is 5.92 Å². The van der Waals surface area contributed by atoms with Crippen LogP contribution in [0.5, 0.6) is 0 Å². The lowest BCUT2D eigenvalue weighted by atomic mass is 9.82. The topological polar surface area (TPSA) is 59.8 Å². The summed E-state index contributed by atoms with van der Waals surface area (Å²) in [5.74, 6) is 0.140. The summed E-state index contributed by atoms with van der Waals surface area (Å²) in [5, 5.41) is 4.26. The second-order valence-electron chi connectivity index (χ2n) is 7.90. The number of imidazole rings is 1. The van der Waals surface area contributed by atoms with E-state index in [1.54, 1.807) is 17.5 Å². The molecule has 156 valence electrons. The van der Waals surface area contributed by atoms with Gasteiger partial charge in [-0.25, -0.2) is 9.97 Å². The molecule has 2 aromatic carbocycles. The number of amides is 1. The van der Waals surface area contributed by atoms with Crippen LogP contribution in [0.15, 0.2) is 79.4 Å². The number of nitrogens with one attached hydrogen (secondary N) is 1. The van der Waals surface area contributed by atoms with E-state index in [-0.39, 0.29) is 17.7 Å². The zero-order chi connectivity index (χ0) is 21.0. The van der Waals surface area contributed by atoms with Crippen LogP contribution >= 0.6 is 11.3 Å². The predicted octanol–water partition coefficient (Wildman–Crippen LogP) is 4.91. The Labute approximate surface area is 185 Å².